The molecule has 0 spiro atoms. The highest BCUT2D eigenvalue weighted by molar-refractivity contribution is 6.95. The largest absolute Gasteiger partial charge is 0.107 e. The molecule has 0 aliphatic heterocycles. The molecule has 0 aliphatic carbocycles. The van der Waals surface area contributed by atoms with Crippen molar-refractivity contribution in [3.63, 3.8) is 0 Å². The Labute approximate surface area is 138 Å². The highest BCUT2D eigenvalue weighted by Crippen LogP contribution is 2.19. The topological polar surface area (TPSA) is 0 Å². The molecule has 0 atom stereocenters. The fourth-order valence-corrected chi connectivity index (χ4v) is 5.26. The summed E-state index contributed by atoms with van der Waals surface area (Å²) in [6.07, 6.45) is 16.5. The van der Waals surface area contributed by atoms with Crippen molar-refractivity contribution in [2.45, 2.75) is 58.5 Å². The predicted octanol–water partition coefficient (Wildman–Crippen LogP) is 6.17. The second-order valence-corrected chi connectivity index (χ2v) is 10.9. The zero-order valence-corrected chi connectivity index (χ0v) is 15.6. The molecule has 0 nitrogen and oxygen atoms in total. The van der Waals surface area contributed by atoms with Crippen LogP contribution in [0.1, 0.15) is 45.4 Å². The molecule has 1 rings (SSSR count). The van der Waals surface area contributed by atoms with Crippen molar-refractivity contribution in [1.29, 1.82) is 0 Å². The van der Waals surface area contributed by atoms with Gasteiger partial charge in [-0.1, -0.05) is 104 Å². The van der Waals surface area contributed by atoms with Gasteiger partial charge in [-0.25, -0.2) is 0 Å². The zero-order valence-electron chi connectivity index (χ0n) is 14.6. The molecule has 0 saturated carbocycles. The van der Waals surface area contributed by atoms with E-state index in [9.17, 15) is 0 Å². The van der Waals surface area contributed by atoms with Gasteiger partial charge in [-0.3, -0.25) is 0 Å². The molecule has 0 aromatic heterocycles. The summed E-state index contributed by atoms with van der Waals surface area (Å²) < 4.78 is 0. The first-order valence-electron chi connectivity index (χ1n) is 8.65. The van der Waals surface area contributed by atoms with Gasteiger partial charge < -0.3 is 0 Å². The van der Waals surface area contributed by atoms with Crippen LogP contribution in [-0.2, 0) is 0 Å². The van der Waals surface area contributed by atoms with Crippen molar-refractivity contribution in [1.82, 2.24) is 0 Å². The third-order valence-corrected chi connectivity index (χ3v) is 8.07. The lowest BCUT2D eigenvalue weighted by Crippen LogP contribution is -2.43. The molecule has 0 heterocycles. The molecule has 0 aliphatic rings. The van der Waals surface area contributed by atoms with Crippen LogP contribution in [0.15, 0.2) is 66.4 Å². The quantitative estimate of drug-likeness (QED) is 0.210. The maximum atomic E-state index is 3.94. The van der Waals surface area contributed by atoms with Gasteiger partial charge in [-0.2, -0.15) is 0 Å². The Bertz CT molecular complexity index is 480. The lowest BCUT2D eigenvalue weighted by atomic mass is 10.1. The minimum atomic E-state index is -1.57. The summed E-state index contributed by atoms with van der Waals surface area (Å²) in [4.78, 5) is 0. The van der Waals surface area contributed by atoms with Crippen molar-refractivity contribution in [2.75, 3.05) is 0 Å². The number of unbranched alkanes of at least 4 members (excludes halogenated alkanes) is 4. The van der Waals surface area contributed by atoms with Crippen LogP contribution in [0.3, 0.4) is 0 Å². The first-order valence-corrected chi connectivity index (χ1v) is 11.7. The van der Waals surface area contributed by atoms with Gasteiger partial charge in [-0.05, 0) is 19.3 Å². The maximum absolute atomic E-state index is 3.94. The van der Waals surface area contributed by atoms with Crippen molar-refractivity contribution in [3.8, 4) is 0 Å². The van der Waals surface area contributed by atoms with E-state index in [1.807, 2.05) is 6.08 Å². The molecule has 0 radical (unpaired) electrons. The van der Waals surface area contributed by atoms with E-state index < -0.39 is 8.07 Å². The highest BCUT2D eigenvalue weighted by Gasteiger charge is 2.26. The number of hydrogen-bond acceptors (Lipinski definition) is 0. The van der Waals surface area contributed by atoms with Gasteiger partial charge in [0.05, 0.1) is 0 Å². The summed E-state index contributed by atoms with van der Waals surface area (Å²) in [6.45, 7) is 11.1. The molecule has 0 unspecified atom stereocenters. The van der Waals surface area contributed by atoms with Crippen molar-refractivity contribution in [3.05, 3.63) is 66.4 Å². The van der Waals surface area contributed by atoms with E-state index >= 15 is 0 Å². The van der Waals surface area contributed by atoms with Gasteiger partial charge in [-0.15, -0.1) is 6.58 Å². The van der Waals surface area contributed by atoms with Gasteiger partial charge in [0, 0.05) is 0 Å². The lowest BCUT2D eigenvalue weighted by Gasteiger charge is -2.26. The average Bonchev–Trinajstić information content (AvgIpc) is 2.53. The van der Waals surface area contributed by atoms with Crippen LogP contribution in [0.5, 0.6) is 0 Å². The first kappa shape index (κ1) is 18.7. The molecule has 1 aromatic carbocycles. The van der Waals surface area contributed by atoms with Gasteiger partial charge in [0.25, 0.3) is 0 Å². The predicted molar refractivity (Wildman–Crippen MR) is 104 cm³/mol. The van der Waals surface area contributed by atoms with Gasteiger partial charge in [0.15, 0.2) is 0 Å². The molecule has 0 saturated heterocycles. The van der Waals surface area contributed by atoms with E-state index in [0.717, 1.165) is 6.42 Å². The molecule has 0 N–H and O–H groups in total. The van der Waals surface area contributed by atoms with Gasteiger partial charge in [0.1, 0.15) is 8.07 Å². The fraction of sp³-hybridized carbons (Fsp3) is 0.429. The summed E-state index contributed by atoms with van der Waals surface area (Å²) in [5.74, 6) is 0. The number of allylic oxidation sites excluding steroid dienone is 5. The summed E-state index contributed by atoms with van der Waals surface area (Å²) in [6, 6.07) is 11.0. The minimum absolute atomic E-state index is 0.994. The standard InChI is InChI=1S/C21H32Si/c1-5-7-8-9-10-11-13-17-20(16-6-2)22(3,4)21-18-14-12-15-19-21/h6,11-15,17-19H,2,5,7-10,16H2,1,3-4H3/b13-11+,20-17-. The Kier molecular flexibility index (Phi) is 8.84. The molecule has 1 heteroatoms. The maximum Gasteiger partial charge on any atom is 0.107 e. The smallest absolute Gasteiger partial charge is 0.103 e. The second kappa shape index (κ2) is 10.4. The highest BCUT2D eigenvalue weighted by atomic mass is 28.3. The normalized spacial score (nSPS) is 12.8. The van der Waals surface area contributed by atoms with Crippen LogP contribution in [0.2, 0.25) is 13.1 Å². The van der Waals surface area contributed by atoms with Crippen LogP contribution in [0.25, 0.3) is 0 Å². The molecule has 1 aromatic rings. The van der Waals surface area contributed by atoms with E-state index in [1.165, 1.54) is 37.3 Å². The molecule has 120 valence electrons. The van der Waals surface area contributed by atoms with Crippen molar-refractivity contribution in [2.24, 2.45) is 0 Å². The van der Waals surface area contributed by atoms with E-state index in [1.54, 1.807) is 5.20 Å². The van der Waals surface area contributed by atoms with Crippen LogP contribution in [-0.4, -0.2) is 8.07 Å². The van der Waals surface area contributed by atoms with Crippen LogP contribution in [0.4, 0.5) is 0 Å². The van der Waals surface area contributed by atoms with Crippen molar-refractivity contribution < 1.29 is 0 Å². The molecular formula is C21H32Si. The van der Waals surface area contributed by atoms with Gasteiger partial charge in [0.2, 0.25) is 0 Å². The SMILES string of the molecule is C=CC/C(=C/C=C/CCCCCC)[Si](C)(C)c1ccccc1. The molecule has 22 heavy (non-hydrogen) atoms. The summed E-state index contributed by atoms with van der Waals surface area (Å²) >= 11 is 0. The molecule has 0 bridgehead atoms. The number of rotatable bonds is 10. The summed E-state index contributed by atoms with van der Waals surface area (Å²) in [5.41, 5.74) is 0. The monoisotopic (exact) mass is 312 g/mol. The van der Waals surface area contributed by atoms with Crippen LogP contribution < -0.4 is 5.19 Å². The third-order valence-electron chi connectivity index (χ3n) is 4.32. The van der Waals surface area contributed by atoms with E-state index in [-0.39, 0.29) is 0 Å². The number of hydrogen-bond donors (Lipinski definition) is 0. The minimum Gasteiger partial charge on any atom is -0.103 e. The fourth-order valence-electron chi connectivity index (χ4n) is 2.70. The second-order valence-electron chi connectivity index (χ2n) is 6.45. The Morgan fingerprint density at radius 1 is 1.09 bits per heavy atom. The Hall–Kier alpha value is -1.34. The van der Waals surface area contributed by atoms with Crippen LogP contribution >= 0.6 is 0 Å². The zero-order chi connectivity index (χ0) is 16.3. The average molecular weight is 313 g/mol. The summed E-state index contributed by atoms with van der Waals surface area (Å²) in [5, 5.41) is 3.05. The van der Waals surface area contributed by atoms with Crippen molar-refractivity contribution >= 4 is 13.3 Å². The van der Waals surface area contributed by atoms with E-state index in [2.05, 4.69) is 75.2 Å². The van der Waals surface area contributed by atoms with Crippen LogP contribution in [0, 0.1) is 0 Å². The third kappa shape index (κ3) is 6.19. The lowest BCUT2D eigenvalue weighted by molar-refractivity contribution is 0.674. The molecular weight excluding hydrogens is 280 g/mol. The van der Waals surface area contributed by atoms with Gasteiger partial charge >= 0.3 is 0 Å². The molecule has 0 amide bonds. The number of benzene rings is 1. The Morgan fingerprint density at radius 2 is 1.82 bits per heavy atom. The van der Waals surface area contributed by atoms with E-state index in [0.29, 0.717) is 0 Å². The Balaban J connectivity index is 2.73. The first-order chi connectivity index (χ1) is 10.6. The van der Waals surface area contributed by atoms with E-state index in [4.69, 9.17) is 0 Å². The Morgan fingerprint density at radius 3 is 2.45 bits per heavy atom. The molecule has 0 fully saturated rings. The summed E-state index contributed by atoms with van der Waals surface area (Å²) in [7, 11) is -1.57.